The molecule has 1 saturated heterocycles. The fourth-order valence-electron chi connectivity index (χ4n) is 3.82. The van der Waals surface area contributed by atoms with Crippen LogP contribution in [0.15, 0.2) is 60.7 Å². The van der Waals surface area contributed by atoms with Gasteiger partial charge >= 0.3 is 5.97 Å². The second kappa shape index (κ2) is 8.89. The van der Waals surface area contributed by atoms with Crippen molar-refractivity contribution >= 4 is 5.97 Å². The molecule has 4 heteroatoms. The van der Waals surface area contributed by atoms with Crippen LogP contribution in [-0.4, -0.2) is 50.3 Å². The minimum absolute atomic E-state index is 0.0596. The van der Waals surface area contributed by atoms with Crippen molar-refractivity contribution in [2.45, 2.75) is 37.9 Å². The molecule has 2 aromatic rings. The minimum atomic E-state index is -1.24. The highest BCUT2D eigenvalue weighted by atomic mass is 16.6. The van der Waals surface area contributed by atoms with E-state index in [-0.39, 0.29) is 12.1 Å². The van der Waals surface area contributed by atoms with Gasteiger partial charge < -0.3 is 14.0 Å². The van der Waals surface area contributed by atoms with Crippen LogP contribution < -0.4 is 0 Å². The maximum Gasteiger partial charge on any atom is 0.348 e. The Hall–Kier alpha value is -2.17. The lowest BCUT2D eigenvalue weighted by Crippen LogP contribution is -2.50. The third kappa shape index (κ3) is 4.45. The van der Waals surface area contributed by atoms with Gasteiger partial charge in [0.25, 0.3) is 0 Å². The van der Waals surface area contributed by atoms with Crippen LogP contribution in [0.25, 0.3) is 0 Å². The molecule has 0 aromatic heterocycles. The molecule has 0 radical (unpaired) electrons. The molecule has 0 unspecified atom stereocenters. The van der Waals surface area contributed by atoms with Crippen LogP contribution in [0.1, 0.15) is 37.3 Å². The summed E-state index contributed by atoms with van der Waals surface area (Å²) in [6, 6.07) is 19.5. The van der Waals surface area contributed by atoms with Crippen LogP contribution in [0.5, 0.6) is 0 Å². The van der Waals surface area contributed by atoms with Gasteiger partial charge in [-0.25, -0.2) is 4.79 Å². The lowest BCUT2D eigenvalue weighted by molar-refractivity contribution is -0.896. The van der Waals surface area contributed by atoms with Crippen LogP contribution in [0.3, 0.4) is 0 Å². The Morgan fingerprint density at radius 2 is 1.46 bits per heavy atom. The van der Waals surface area contributed by atoms with Gasteiger partial charge in [0.05, 0.1) is 27.2 Å². The minimum Gasteiger partial charge on any atom is -0.459 e. The quantitative estimate of drug-likeness (QED) is 0.533. The Bertz CT molecular complexity index is 708. The number of likely N-dealkylation sites (tertiary alicyclic amines) is 1. The van der Waals surface area contributed by atoms with Crippen molar-refractivity contribution in [3.8, 4) is 0 Å². The number of carbonyl (C=O) groups excluding carboxylic acids is 1. The zero-order chi connectivity index (χ0) is 20.0. The molecule has 1 fully saturated rings. The average molecular weight is 383 g/mol. The zero-order valence-electron chi connectivity index (χ0n) is 17.3. The number of rotatable bonds is 7. The van der Waals surface area contributed by atoms with Gasteiger partial charge in [0.15, 0.2) is 0 Å². The number of piperidine rings is 1. The first-order valence-corrected chi connectivity index (χ1v) is 10.3. The summed E-state index contributed by atoms with van der Waals surface area (Å²) in [6.45, 7) is 4.55. The summed E-state index contributed by atoms with van der Waals surface area (Å²) in [4.78, 5) is 13.6. The lowest BCUT2D eigenvalue weighted by Gasteiger charge is -2.39. The number of carbonyl (C=O) groups is 1. The summed E-state index contributed by atoms with van der Waals surface area (Å²) in [5.74, 6) is -0.310. The molecular formula is C24H32NO3+. The Morgan fingerprint density at radius 1 is 0.964 bits per heavy atom. The van der Waals surface area contributed by atoms with E-state index in [0.29, 0.717) is 6.61 Å². The molecule has 1 aliphatic rings. The molecule has 0 saturated carbocycles. The standard InChI is InChI=1S/C24H32NO3/c1-4-19-27-24(20-11-7-5-8-12-20,21-13-9-6-10-14-21)23(26)28-22-15-17-25(2,3)18-16-22/h5-14,22H,4,15-19H2,1-3H3/q+1. The van der Waals surface area contributed by atoms with Gasteiger partial charge in [-0.05, 0) is 17.5 Å². The molecule has 1 heterocycles. The molecule has 150 valence electrons. The zero-order valence-corrected chi connectivity index (χ0v) is 17.3. The van der Waals surface area contributed by atoms with E-state index in [9.17, 15) is 4.79 Å². The highest BCUT2D eigenvalue weighted by molar-refractivity contribution is 5.86. The molecule has 0 spiro atoms. The van der Waals surface area contributed by atoms with Gasteiger partial charge in [-0.3, -0.25) is 0 Å². The van der Waals surface area contributed by atoms with Gasteiger partial charge in [0.2, 0.25) is 5.60 Å². The van der Waals surface area contributed by atoms with E-state index in [2.05, 4.69) is 14.1 Å². The second-order valence-corrected chi connectivity index (χ2v) is 8.25. The molecule has 28 heavy (non-hydrogen) atoms. The number of quaternary nitrogens is 1. The molecule has 4 nitrogen and oxygen atoms in total. The second-order valence-electron chi connectivity index (χ2n) is 8.25. The van der Waals surface area contributed by atoms with Gasteiger partial charge in [-0.15, -0.1) is 0 Å². The van der Waals surface area contributed by atoms with Crippen molar-refractivity contribution in [1.82, 2.24) is 0 Å². The van der Waals surface area contributed by atoms with E-state index >= 15 is 0 Å². The number of ether oxygens (including phenoxy) is 2. The van der Waals surface area contributed by atoms with Crippen LogP contribution in [-0.2, 0) is 19.9 Å². The van der Waals surface area contributed by atoms with Crippen molar-refractivity contribution in [3.05, 3.63) is 71.8 Å². The van der Waals surface area contributed by atoms with Crippen LogP contribution in [0.4, 0.5) is 0 Å². The van der Waals surface area contributed by atoms with E-state index in [1.807, 2.05) is 67.6 Å². The first-order valence-electron chi connectivity index (χ1n) is 10.3. The molecule has 0 N–H and O–H groups in total. The molecule has 2 aromatic carbocycles. The SMILES string of the molecule is CCCOC(C(=O)OC1CC[N+](C)(C)CC1)(c1ccccc1)c1ccccc1. The number of esters is 1. The topological polar surface area (TPSA) is 35.5 Å². The Kier molecular flexibility index (Phi) is 6.53. The monoisotopic (exact) mass is 382 g/mol. The fourth-order valence-corrected chi connectivity index (χ4v) is 3.82. The van der Waals surface area contributed by atoms with Crippen LogP contribution >= 0.6 is 0 Å². The molecule has 1 aliphatic heterocycles. The number of nitrogens with zero attached hydrogens (tertiary/aromatic N) is 1. The summed E-state index contributed by atoms with van der Waals surface area (Å²) in [5, 5.41) is 0. The largest absolute Gasteiger partial charge is 0.459 e. The summed E-state index contributed by atoms with van der Waals surface area (Å²) in [5.41, 5.74) is 0.388. The molecule has 0 atom stereocenters. The maximum atomic E-state index is 13.6. The number of hydrogen-bond donors (Lipinski definition) is 0. The smallest absolute Gasteiger partial charge is 0.348 e. The lowest BCUT2D eigenvalue weighted by atomic mass is 9.85. The highest BCUT2D eigenvalue weighted by Crippen LogP contribution is 2.36. The van der Waals surface area contributed by atoms with Crippen molar-refractivity contribution < 1.29 is 18.8 Å². The maximum absolute atomic E-state index is 13.6. The molecule has 0 aliphatic carbocycles. The molecule has 0 bridgehead atoms. The average Bonchev–Trinajstić information content (AvgIpc) is 2.72. The van der Waals surface area contributed by atoms with Crippen LogP contribution in [0, 0.1) is 0 Å². The molecule has 0 amide bonds. The Labute approximate surface area is 168 Å². The predicted octanol–water partition coefficient (Wildman–Crippen LogP) is 4.14. The van der Waals surface area contributed by atoms with Crippen LogP contribution in [0.2, 0.25) is 0 Å². The summed E-state index contributed by atoms with van der Waals surface area (Å²) >= 11 is 0. The van der Waals surface area contributed by atoms with E-state index < -0.39 is 5.60 Å². The van der Waals surface area contributed by atoms with Crippen molar-refractivity contribution in [2.24, 2.45) is 0 Å². The van der Waals surface area contributed by atoms with Gasteiger partial charge in [-0.1, -0.05) is 67.6 Å². The van der Waals surface area contributed by atoms with Crippen molar-refractivity contribution in [1.29, 1.82) is 0 Å². The van der Waals surface area contributed by atoms with Crippen molar-refractivity contribution in [2.75, 3.05) is 33.8 Å². The Balaban J connectivity index is 1.96. The van der Waals surface area contributed by atoms with Gasteiger partial charge in [-0.2, -0.15) is 0 Å². The van der Waals surface area contributed by atoms with Crippen molar-refractivity contribution in [3.63, 3.8) is 0 Å². The van der Waals surface area contributed by atoms with Gasteiger partial charge in [0.1, 0.15) is 6.10 Å². The number of hydrogen-bond acceptors (Lipinski definition) is 3. The third-order valence-electron chi connectivity index (χ3n) is 5.56. The van der Waals surface area contributed by atoms with E-state index in [1.165, 1.54) is 0 Å². The molecular weight excluding hydrogens is 350 g/mol. The first kappa shape index (κ1) is 20.6. The first-order chi connectivity index (χ1) is 13.5. The summed E-state index contributed by atoms with van der Waals surface area (Å²) < 4.78 is 13.4. The summed E-state index contributed by atoms with van der Waals surface area (Å²) in [6.07, 6.45) is 2.53. The summed E-state index contributed by atoms with van der Waals surface area (Å²) in [7, 11) is 4.45. The fraction of sp³-hybridized carbons (Fsp3) is 0.458. The van der Waals surface area contributed by atoms with E-state index in [4.69, 9.17) is 9.47 Å². The highest BCUT2D eigenvalue weighted by Gasteiger charge is 2.46. The van der Waals surface area contributed by atoms with E-state index in [0.717, 1.165) is 48.0 Å². The normalized spacial score (nSPS) is 17.2. The third-order valence-corrected chi connectivity index (χ3v) is 5.56. The van der Waals surface area contributed by atoms with E-state index in [1.54, 1.807) is 0 Å². The number of benzene rings is 2. The molecule has 3 rings (SSSR count). The Morgan fingerprint density at radius 3 is 1.93 bits per heavy atom. The van der Waals surface area contributed by atoms with Gasteiger partial charge in [0, 0.05) is 19.4 Å². The predicted molar refractivity (Wildman–Crippen MR) is 111 cm³/mol.